The number of rotatable bonds is 5. The largest absolute Gasteiger partial charge is 0.379 e. The Balaban J connectivity index is 1.77. The number of nitrogens with one attached hydrogen (secondary N) is 1. The summed E-state index contributed by atoms with van der Waals surface area (Å²) in [5, 5.41) is 7.58. The van der Waals surface area contributed by atoms with Crippen LogP contribution in [0.3, 0.4) is 0 Å². The fraction of sp³-hybridized carbons (Fsp3) is 0.778. The zero-order chi connectivity index (χ0) is 17.0. The van der Waals surface area contributed by atoms with Crippen molar-refractivity contribution in [3.05, 3.63) is 18.0 Å². The van der Waals surface area contributed by atoms with Gasteiger partial charge in [-0.05, 0) is 19.3 Å². The first-order valence-electron chi connectivity index (χ1n) is 9.28. The van der Waals surface area contributed by atoms with Gasteiger partial charge in [-0.2, -0.15) is 5.10 Å². The Bertz CT molecular complexity index is 545. The lowest BCUT2D eigenvalue weighted by atomic mass is 9.79. The molecule has 1 saturated carbocycles. The van der Waals surface area contributed by atoms with Gasteiger partial charge in [0.05, 0.1) is 25.5 Å². The molecule has 1 aromatic rings. The van der Waals surface area contributed by atoms with Crippen molar-refractivity contribution >= 4 is 5.91 Å². The summed E-state index contributed by atoms with van der Waals surface area (Å²) in [7, 11) is 1.91. The lowest BCUT2D eigenvalue weighted by Crippen LogP contribution is -2.62. The molecule has 1 atom stereocenters. The average molecular weight is 334 g/mol. The van der Waals surface area contributed by atoms with Gasteiger partial charge in [0.1, 0.15) is 5.54 Å². The molecule has 1 aromatic heterocycles. The van der Waals surface area contributed by atoms with Crippen LogP contribution in [-0.4, -0.2) is 52.4 Å². The summed E-state index contributed by atoms with van der Waals surface area (Å²) >= 11 is 0. The van der Waals surface area contributed by atoms with Gasteiger partial charge in [0, 0.05) is 31.9 Å². The molecule has 24 heavy (non-hydrogen) atoms. The molecule has 1 N–H and O–H groups in total. The molecule has 3 rings (SSSR count). The van der Waals surface area contributed by atoms with E-state index in [9.17, 15) is 4.79 Å². The number of ether oxygens (including phenoxy) is 1. The van der Waals surface area contributed by atoms with Gasteiger partial charge >= 0.3 is 0 Å². The van der Waals surface area contributed by atoms with E-state index in [2.05, 4.69) is 22.2 Å². The second-order valence-corrected chi connectivity index (χ2v) is 7.07. The first kappa shape index (κ1) is 17.4. The van der Waals surface area contributed by atoms with Crippen LogP contribution in [0.5, 0.6) is 0 Å². The van der Waals surface area contributed by atoms with Crippen molar-refractivity contribution in [1.82, 2.24) is 20.0 Å². The molecular weight excluding hydrogens is 304 g/mol. The van der Waals surface area contributed by atoms with Crippen LogP contribution in [0.15, 0.2) is 12.4 Å². The number of morpholine rings is 1. The smallest absolute Gasteiger partial charge is 0.241 e. The van der Waals surface area contributed by atoms with Crippen molar-refractivity contribution in [2.24, 2.45) is 7.05 Å². The zero-order valence-corrected chi connectivity index (χ0v) is 15.0. The summed E-state index contributed by atoms with van der Waals surface area (Å²) in [4.78, 5) is 15.7. The predicted octanol–water partition coefficient (Wildman–Crippen LogP) is 2.02. The fourth-order valence-electron chi connectivity index (χ4n) is 4.15. The standard InChI is InChI=1S/C18H30N4O2/c1-3-16(15-13-19-21(2)14-15)20-17(23)18(7-5-4-6-8-18)22-9-11-24-12-10-22/h13-14,16H,3-12H2,1-2H3,(H,20,23)/t16-/m0/s1. The summed E-state index contributed by atoms with van der Waals surface area (Å²) in [6, 6.07) is 0.0334. The number of carbonyl (C=O) groups excluding carboxylic acids is 1. The SMILES string of the molecule is CC[C@H](NC(=O)C1(N2CCOCC2)CCCCC1)c1cnn(C)c1. The molecule has 0 spiro atoms. The lowest BCUT2D eigenvalue weighted by Gasteiger charge is -2.47. The highest BCUT2D eigenvalue weighted by Gasteiger charge is 2.45. The highest BCUT2D eigenvalue weighted by Crippen LogP contribution is 2.35. The third-order valence-corrected chi connectivity index (χ3v) is 5.56. The minimum atomic E-state index is -0.350. The van der Waals surface area contributed by atoms with Crippen molar-refractivity contribution in [2.45, 2.75) is 57.0 Å². The molecule has 1 saturated heterocycles. The average Bonchev–Trinajstić information content (AvgIpc) is 3.07. The fourth-order valence-corrected chi connectivity index (χ4v) is 4.15. The number of aryl methyl sites for hydroxylation is 1. The number of hydrogen-bond donors (Lipinski definition) is 1. The molecule has 6 heteroatoms. The number of hydrogen-bond acceptors (Lipinski definition) is 4. The Morgan fingerprint density at radius 1 is 1.33 bits per heavy atom. The van der Waals surface area contributed by atoms with Gasteiger partial charge in [-0.25, -0.2) is 0 Å². The van der Waals surface area contributed by atoms with Crippen molar-refractivity contribution in [3.8, 4) is 0 Å². The molecule has 1 aliphatic carbocycles. The molecule has 1 aliphatic heterocycles. The van der Waals surface area contributed by atoms with E-state index in [-0.39, 0.29) is 17.5 Å². The van der Waals surface area contributed by atoms with Gasteiger partial charge in [0.2, 0.25) is 5.91 Å². The van der Waals surface area contributed by atoms with Crippen LogP contribution in [0.2, 0.25) is 0 Å². The molecule has 6 nitrogen and oxygen atoms in total. The summed E-state index contributed by atoms with van der Waals surface area (Å²) in [5.41, 5.74) is 0.735. The third-order valence-electron chi connectivity index (χ3n) is 5.56. The predicted molar refractivity (Wildman–Crippen MR) is 92.6 cm³/mol. The second kappa shape index (κ2) is 7.66. The number of nitrogens with zero attached hydrogens (tertiary/aromatic N) is 3. The second-order valence-electron chi connectivity index (χ2n) is 7.07. The Kier molecular flexibility index (Phi) is 5.56. The van der Waals surface area contributed by atoms with E-state index in [1.54, 1.807) is 4.68 Å². The molecular formula is C18H30N4O2. The van der Waals surface area contributed by atoms with Crippen molar-refractivity contribution in [2.75, 3.05) is 26.3 Å². The van der Waals surface area contributed by atoms with E-state index in [0.717, 1.165) is 64.0 Å². The number of carbonyl (C=O) groups is 1. The van der Waals surface area contributed by atoms with Gasteiger partial charge in [0.25, 0.3) is 0 Å². The maximum Gasteiger partial charge on any atom is 0.241 e. The summed E-state index contributed by atoms with van der Waals surface area (Å²) in [5.74, 6) is 0.194. The Morgan fingerprint density at radius 2 is 2.04 bits per heavy atom. The zero-order valence-electron chi connectivity index (χ0n) is 15.0. The molecule has 2 heterocycles. The van der Waals surface area contributed by atoms with E-state index >= 15 is 0 Å². The topological polar surface area (TPSA) is 59.4 Å². The maximum atomic E-state index is 13.3. The monoisotopic (exact) mass is 334 g/mol. The number of amides is 1. The molecule has 0 bridgehead atoms. The normalized spacial score (nSPS) is 22.9. The first-order valence-corrected chi connectivity index (χ1v) is 9.28. The van der Waals surface area contributed by atoms with Crippen LogP contribution >= 0.6 is 0 Å². The van der Waals surface area contributed by atoms with Crippen molar-refractivity contribution < 1.29 is 9.53 Å². The van der Waals surface area contributed by atoms with Crippen LogP contribution in [-0.2, 0) is 16.6 Å². The van der Waals surface area contributed by atoms with E-state index in [1.165, 1.54) is 6.42 Å². The molecule has 134 valence electrons. The van der Waals surface area contributed by atoms with Gasteiger partial charge in [-0.15, -0.1) is 0 Å². The van der Waals surface area contributed by atoms with Crippen molar-refractivity contribution in [3.63, 3.8) is 0 Å². The minimum absolute atomic E-state index is 0.0334. The van der Waals surface area contributed by atoms with Crippen LogP contribution < -0.4 is 5.32 Å². The quantitative estimate of drug-likeness (QED) is 0.895. The maximum absolute atomic E-state index is 13.3. The molecule has 0 aromatic carbocycles. The van der Waals surface area contributed by atoms with E-state index in [1.807, 2.05) is 19.4 Å². The van der Waals surface area contributed by atoms with E-state index < -0.39 is 0 Å². The summed E-state index contributed by atoms with van der Waals surface area (Å²) < 4.78 is 7.30. The summed E-state index contributed by atoms with van der Waals surface area (Å²) in [6.07, 6.45) is 10.1. The Hall–Kier alpha value is -1.40. The molecule has 1 amide bonds. The molecule has 2 aliphatic rings. The van der Waals surface area contributed by atoms with E-state index in [0.29, 0.717) is 0 Å². The van der Waals surface area contributed by atoms with Gasteiger partial charge in [0.15, 0.2) is 0 Å². The summed E-state index contributed by atoms with van der Waals surface area (Å²) in [6.45, 7) is 5.29. The van der Waals surface area contributed by atoms with Crippen LogP contribution in [0.1, 0.15) is 57.1 Å². The molecule has 0 radical (unpaired) electrons. The first-order chi connectivity index (χ1) is 11.7. The Labute approximate surface area is 144 Å². The van der Waals surface area contributed by atoms with Gasteiger partial charge in [-0.1, -0.05) is 26.2 Å². The van der Waals surface area contributed by atoms with Gasteiger partial charge < -0.3 is 10.1 Å². The molecule has 2 fully saturated rings. The lowest BCUT2D eigenvalue weighted by molar-refractivity contribution is -0.141. The Morgan fingerprint density at radius 3 is 2.62 bits per heavy atom. The highest BCUT2D eigenvalue weighted by molar-refractivity contribution is 5.86. The number of aromatic nitrogens is 2. The van der Waals surface area contributed by atoms with Crippen LogP contribution in [0.25, 0.3) is 0 Å². The van der Waals surface area contributed by atoms with Crippen LogP contribution in [0.4, 0.5) is 0 Å². The van der Waals surface area contributed by atoms with E-state index in [4.69, 9.17) is 4.74 Å². The minimum Gasteiger partial charge on any atom is -0.379 e. The molecule has 0 unspecified atom stereocenters. The van der Waals surface area contributed by atoms with Crippen LogP contribution in [0, 0.1) is 0 Å². The van der Waals surface area contributed by atoms with Crippen molar-refractivity contribution in [1.29, 1.82) is 0 Å². The third kappa shape index (κ3) is 3.49. The van der Waals surface area contributed by atoms with Gasteiger partial charge in [-0.3, -0.25) is 14.4 Å². The highest BCUT2D eigenvalue weighted by atomic mass is 16.5.